The minimum Gasteiger partial charge on any atom is -0.490 e. The molecular formula is C24H28ClN3O6. The van der Waals surface area contributed by atoms with Gasteiger partial charge in [0.15, 0.2) is 6.61 Å². The Labute approximate surface area is 203 Å². The van der Waals surface area contributed by atoms with Gasteiger partial charge in [-0.15, -0.1) is 0 Å². The van der Waals surface area contributed by atoms with Crippen LogP contribution in [0.5, 0.6) is 11.5 Å². The van der Waals surface area contributed by atoms with Crippen LogP contribution < -0.4 is 14.8 Å². The van der Waals surface area contributed by atoms with Gasteiger partial charge in [-0.3, -0.25) is 19.7 Å². The summed E-state index contributed by atoms with van der Waals surface area (Å²) in [6.45, 7) is 1.50. The van der Waals surface area contributed by atoms with Crippen LogP contribution in [0.3, 0.4) is 0 Å². The Bertz CT molecular complexity index is 1040. The molecule has 0 spiro atoms. The van der Waals surface area contributed by atoms with Crippen LogP contribution in [-0.2, 0) is 16.1 Å². The smallest absolute Gasteiger partial charge is 0.311 e. The van der Waals surface area contributed by atoms with Crippen LogP contribution in [0.4, 0.5) is 5.69 Å². The molecule has 1 fully saturated rings. The second kappa shape index (κ2) is 11.7. The summed E-state index contributed by atoms with van der Waals surface area (Å²) < 4.78 is 10.6. The Balaban J connectivity index is 1.74. The lowest BCUT2D eigenvalue weighted by Crippen LogP contribution is -2.50. The van der Waals surface area contributed by atoms with E-state index >= 15 is 0 Å². The van der Waals surface area contributed by atoms with Gasteiger partial charge >= 0.3 is 5.69 Å². The number of nitro groups is 1. The molecule has 0 unspecified atom stereocenters. The molecule has 1 atom stereocenters. The van der Waals surface area contributed by atoms with Gasteiger partial charge in [0.2, 0.25) is 11.7 Å². The molecule has 1 aliphatic rings. The Hall–Kier alpha value is -3.33. The summed E-state index contributed by atoms with van der Waals surface area (Å²) in [6, 6.07) is 10.5. The summed E-state index contributed by atoms with van der Waals surface area (Å²) in [7, 11) is 1.31. The maximum absolute atomic E-state index is 13.2. The van der Waals surface area contributed by atoms with E-state index < -0.39 is 16.9 Å². The second-order valence-electron chi connectivity index (χ2n) is 8.20. The first-order valence-corrected chi connectivity index (χ1v) is 11.5. The number of carbonyl (C=O) groups is 2. The van der Waals surface area contributed by atoms with Crippen molar-refractivity contribution in [2.45, 2.75) is 51.2 Å². The Morgan fingerprint density at radius 1 is 1.24 bits per heavy atom. The SMILES string of the molecule is COc1cc(OCC(=O)N(Cc2cccc(Cl)c2)[C@@H](C)C(=O)NC2CCCC2)ccc1[N+](=O)[O-]. The molecule has 1 saturated carbocycles. The highest BCUT2D eigenvalue weighted by Crippen LogP contribution is 2.30. The van der Waals surface area contributed by atoms with Gasteiger partial charge in [-0.25, -0.2) is 0 Å². The molecule has 3 rings (SSSR count). The summed E-state index contributed by atoms with van der Waals surface area (Å²) in [5, 5.41) is 14.7. The Kier molecular flexibility index (Phi) is 8.70. The fourth-order valence-corrected chi connectivity index (χ4v) is 4.15. The number of benzene rings is 2. The number of rotatable bonds is 10. The third kappa shape index (κ3) is 6.60. The van der Waals surface area contributed by atoms with Crippen molar-refractivity contribution in [1.82, 2.24) is 10.2 Å². The molecule has 1 N–H and O–H groups in total. The number of nitro benzene ring substituents is 1. The molecule has 1 aliphatic carbocycles. The number of ether oxygens (including phenoxy) is 2. The van der Waals surface area contributed by atoms with Gasteiger partial charge in [-0.2, -0.15) is 0 Å². The fourth-order valence-electron chi connectivity index (χ4n) is 3.93. The minimum atomic E-state index is -0.734. The van der Waals surface area contributed by atoms with Crippen LogP contribution in [0.25, 0.3) is 0 Å². The van der Waals surface area contributed by atoms with Gasteiger partial charge in [0.25, 0.3) is 5.91 Å². The van der Waals surface area contributed by atoms with Gasteiger partial charge in [-0.05, 0) is 43.5 Å². The molecule has 2 amide bonds. The van der Waals surface area contributed by atoms with E-state index in [1.54, 1.807) is 25.1 Å². The van der Waals surface area contributed by atoms with E-state index in [0.717, 1.165) is 31.2 Å². The van der Waals surface area contributed by atoms with Crippen LogP contribution in [0.2, 0.25) is 5.02 Å². The molecule has 0 bridgehead atoms. The molecule has 9 nitrogen and oxygen atoms in total. The van der Waals surface area contributed by atoms with Crippen molar-refractivity contribution in [3.05, 3.63) is 63.2 Å². The summed E-state index contributed by atoms with van der Waals surface area (Å²) in [6.07, 6.45) is 4.03. The predicted molar refractivity (Wildman–Crippen MR) is 127 cm³/mol. The quantitative estimate of drug-likeness (QED) is 0.397. The molecule has 2 aromatic carbocycles. The van der Waals surface area contributed by atoms with Crippen molar-refractivity contribution in [3.63, 3.8) is 0 Å². The maximum Gasteiger partial charge on any atom is 0.311 e. The standard InChI is InChI=1S/C24H28ClN3O6/c1-16(24(30)26-19-8-3-4-9-19)27(14-17-6-5-7-18(25)12-17)23(29)15-34-20-10-11-21(28(31)32)22(13-20)33-2/h5-7,10-13,16,19H,3-4,8-9,14-15H2,1-2H3,(H,26,30)/t16-/m0/s1. The van der Waals surface area contributed by atoms with Crippen LogP contribution in [-0.4, -0.2) is 47.4 Å². The van der Waals surface area contributed by atoms with Crippen LogP contribution in [0.15, 0.2) is 42.5 Å². The van der Waals surface area contributed by atoms with E-state index in [2.05, 4.69) is 5.32 Å². The normalized spacial score (nSPS) is 14.3. The van der Waals surface area contributed by atoms with E-state index in [-0.39, 0.29) is 42.3 Å². The van der Waals surface area contributed by atoms with Crippen molar-refractivity contribution < 1.29 is 24.0 Å². The first kappa shape index (κ1) is 25.3. The number of hydrogen-bond acceptors (Lipinski definition) is 6. The van der Waals surface area contributed by atoms with E-state index in [1.165, 1.54) is 30.2 Å². The van der Waals surface area contributed by atoms with Gasteiger partial charge in [-0.1, -0.05) is 36.6 Å². The molecule has 0 saturated heterocycles. The largest absolute Gasteiger partial charge is 0.490 e. The average molecular weight is 490 g/mol. The summed E-state index contributed by atoms with van der Waals surface area (Å²) >= 11 is 6.10. The molecule has 182 valence electrons. The van der Waals surface area contributed by atoms with E-state index in [9.17, 15) is 19.7 Å². The number of methoxy groups -OCH3 is 1. The predicted octanol–water partition coefficient (Wildman–Crippen LogP) is 4.11. The maximum atomic E-state index is 13.2. The third-order valence-corrected chi connectivity index (χ3v) is 6.06. The highest BCUT2D eigenvalue weighted by Gasteiger charge is 2.29. The van der Waals surface area contributed by atoms with E-state index in [0.29, 0.717) is 5.02 Å². The molecule has 0 radical (unpaired) electrons. The van der Waals surface area contributed by atoms with Crippen LogP contribution >= 0.6 is 11.6 Å². The number of hydrogen-bond donors (Lipinski definition) is 1. The van der Waals surface area contributed by atoms with Gasteiger partial charge in [0.1, 0.15) is 11.8 Å². The number of nitrogens with zero attached hydrogens (tertiary/aromatic N) is 2. The van der Waals surface area contributed by atoms with Gasteiger partial charge in [0, 0.05) is 29.7 Å². The van der Waals surface area contributed by atoms with E-state index in [4.69, 9.17) is 21.1 Å². The molecule has 10 heteroatoms. The van der Waals surface area contributed by atoms with Gasteiger partial charge in [0.05, 0.1) is 12.0 Å². The lowest BCUT2D eigenvalue weighted by molar-refractivity contribution is -0.385. The molecule has 2 aromatic rings. The fraction of sp³-hybridized carbons (Fsp3) is 0.417. The second-order valence-corrected chi connectivity index (χ2v) is 8.63. The van der Waals surface area contributed by atoms with Crippen molar-refractivity contribution in [3.8, 4) is 11.5 Å². The Morgan fingerprint density at radius 2 is 1.97 bits per heavy atom. The van der Waals surface area contributed by atoms with Crippen molar-refractivity contribution in [2.24, 2.45) is 0 Å². The molecule has 0 aliphatic heterocycles. The summed E-state index contributed by atoms with van der Waals surface area (Å²) in [5.74, 6) is -0.373. The lowest BCUT2D eigenvalue weighted by atomic mass is 10.1. The number of halogens is 1. The minimum absolute atomic E-state index is 0.0232. The third-order valence-electron chi connectivity index (χ3n) is 5.82. The highest BCUT2D eigenvalue weighted by atomic mass is 35.5. The number of amides is 2. The highest BCUT2D eigenvalue weighted by molar-refractivity contribution is 6.30. The first-order valence-electron chi connectivity index (χ1n) is 11.1. The molecular weight excluding hydrogens is 462 g/mol. The topological polar surface area (TPSA) is 111 Å². The zero-order valence-electron chi connectivity index (χ0n) is 19.2. The van der Waals surface area contributed by atoms with Gasteiger partial charge < -0.3 is 19.7 Å². The lowest BCUT2D eigenvalue weighted by Gasteiger charge is -2.29. The number of carbonyl (C=O) groups excluding carboxylic acids is 2. The summed E-state index contributed by atoms with van der Waals surface area (Å²) in [5.41, 5.74) is 0.569. The Morgan fingerprint density at radius 3 is 2.62 bits per heavy atom. The number of nitrogens with one attached hydrogen (secondary N) is 1. The van der Waals surface area contributed by atoms with E-state index in [1.807, 2.05) is 6.07 Å². The van der Waals surface area contributed by atoms with Crippen molar-refractivity contribution >= 4 is 29.1 Å². The first-order chi connectivity index (χ1) is 16.3. The molecule has 0 heterocycles. The molecule has 34 heavy (non-hydrogen) atoms. The van der Waals surface area contributed by atoms with Crippen LogP contribution in [0, 0.1) is 10.1 Å². The summed E-state index contributed by atoms with van der Waals surface area (Å²) in [4.78, 5) is 38.0. The van der Waals surface area contributed by atoms with Crippen LogP contribution in [0.1, 0.15) is 38.2 Å². The average Bonchev–Trinajstić information content (AvgIpc) is 3.33. The zero-order chi connectivity index (χ0) is 24.7. The zero-order valence-corrected chi connectivity index (χ0v) is 19.9. The molecule has 0 aromatic heterocycles. The van der Waals surface area contributed by atoms with Crippen molar-refractivity contribution in [1.29, 1.82) is 0 Å². The monoisotopic (exact) mass is 489 g/mol. The van der Waals surface area contributed by atoms with Crippen molar-refractivity contribution in [2.75, 3.05) is 13.7 Å².